The van der Waals surface area contributed by atoms with Crippen molar-refractivity contribution in [3.63, 3.8) is 0 Å². The summed E-state index contributed by atoms with van der Waals surface area (Å²) in [6.45, 7) is -0.0441. The smallest absolute Gasteiger partial charge is 0.143 e. The Morgan fingerprint density at radius 1 is 1.03 bits per heavy atom. The minimum Gasteiger partial charge on any atom is -0.487 e. The second-order valence-corrected chi connectivity index (χ2v) is 9.45. The van der Waals surface area contributed by atoms with E-state index in [9.17, 15) is 14.6 Å². The lowest BCUT2D eigenvalue weighted by atomic mass is 10.00. The van der Waals surface area contributed by atoms with E-state index in [1.54, 1.807) is 24.3 Å². The maximum atomic E-state index is 13.4. The summed E-state index contributed by atoms with van der Waals surface area (Å²) in [7, 11) is 0. The Hall–Kier alpha value is -3.30. The van der Waals surface area contributed by atoms with Crippen molar-refractivity contribution in [2.45, 2.75) is 12.5 Å². The van der Waals surface area contributed by atoms with Gasteiger partial charge in [-0.25, -0.2) is 14.4 Å². The lowest BCUT2D eigenvalue weighted by molar-refractivity contribution is 0.192. The third-order valence-corrected chi connectivity index (χ3v) is 7.04. The first-order valence-electron chi connectivity index (χ1n) is 10.9. The molecule has 2 heterocycles. The van der Waals surface area contributed by atoms with E-state index in [-0.39, 0.29) is 31.6 Å². The highest BCUT2D eigenvalue weighted by Gasteiger charge is 2.16. The summed E-state index contributed by atoms with van der Waals surface area (Å²) in [5, 5.41) is 24.6. The summed E-state index contributed by atoms with van der Waals surface area (Å²) in [6, 6.07) is 17.4. The number of fused-ring (bicyclic) bond motifs is 3. The third kappa shape index (κ3) is 4.92. The molecule has 35 heavy (non-hydrogen) atoms. The Morgan fingerprint density at radius 2 is 1.89 bits per heavy atom. The summed E-state index contributed by atoms with van der Waals surface area (Å²) in [4.78, 5) is 9.69. The van der Waals surface area contributed by atoms with Crippen LogP contribution in [-0.4, -0.2) is 33.4 Å². The molecule has 2 aromatic heterocycles. The van der Waals surface area contributed by atoms with Crippen LogP contribution in [0.5, 0.6) is 5.75 Å². The zero-order valence-corrected chi connectivity index (χ0v) is 20.0. The van der Waals surface area contributed by atoms with Gasteiger partial charge in [0.05, 0.1) is 23.6 Å². The fourth-order valence-corrected chi connectivity index (χ4v) is 5.19. The second-order valence-electron chi connectivity index (χ2n) is 8.01. The van der Waals surface area contributed by atoms with Crippen molar-refractivity contribution in [3.8, 4) is 5.75 Å². The standard InChI is InChI=1S/C26H21ClFN3O3S/c27-21-10-19(5-7-22(21)34-13-15-2-1-3-18(28)8-15)31-25-24-20-6-4-16(17(11-32)12-33)9-23(20)35-26(24)30-14-29-25/h1-10,14,17,32-33H,11-13H2,(H,29,30,31). The van der Waals surface area contributed by atoms with Crippen molar-refractivity contribution in [1.29, 1.82) is 0 Å². The number of nitrogens with one attached hydrogen (secondary N) is 1. The number of hydrogen-bond acceptors (Lipinski definition) is 7. The SMILES string of the molecule is OCC(CO)c1ccc2c(c1)sc1ncnc(Nc3ccc(OCc4cccc(F)c4)c(Cl)c3)c12. The molecule has 0 aliphatic heterocycles. The fourth-order valence-electron chi connectivity index (χ4n) is 3.86. The normalized spacial score (nSPS) is 11.5. The van der Waals surface area contributed by atoms with Crippen molar-refractivity contribution < 1.29 is 19.3 Å². The van der Waals surface area contributed by atoms with E-state index >= 15 is 0 Å². The van der Waals surface area contributed by atoms with Crippen LogP contribution in [0.4, 0.5) is 15.9 Å². The van der Waals surface area contributed by atoms with Crippen LogP contribution < -0.4 is 10.1 Å². The number of benzene rings is 3. The molecule has 0 saturated heterocycles. The number of thiophene rings is 1. The molecule has 6 nitrogen and oxygen atoms in total. The quantitative estimate of drug-likeness (QED) is 0.237. The van der Waals surface area contributed by atoms with Gasteiger partial charge in [-0.15, -0.1) is 11.3 Å². The summed E-state index contributed by atoms with van der Waals surface area (Å²) in [6.07, 6.45) is 1.50. The fraction of sp³-hybridized carbons (Fsp3) is 0.154. The number of anilines is 2. The van der Waals surface area contributed by atoms with Gasteiger partial charge in [0.15, 0.2) is 0 Å². The van der Waals surface area contributed by atoms with Gasteiger partial charge in [-0.2, -0.15) is 0 Å². The van der Waals surface area contributed by atoms with Crippen LogP contribution in [0.1, 0.15) is 17.0 Å². The van der Waals surface area contributed by atoms with E-state index in [0.29, 0.717) is 22.2 Å². The van der Waals surface area contributed by atoms with E-state index in [0.717, 1.165) is 31.6 Å². The summed E-state index contributed by atoms with van der Waals surface area (Å²) in [5.41, 5.74) is 2.31. The van der Waals surface area contributed by atoms with E-state index in [2.05, 4.69) is 15.3 Å². The molecule has 9 heteroatoms. The summed E-state index contributed by atoms with van der Waals surface area (Å²) < 4.78 is 20.1. The molecule has 5 rings (SSSR count). The minimum atomic E-state index is -0.322. The number of halogens is 2. The molecule has 0 aliphatic rings. The van der Waals surface area contributed by atoms with E-state index in [1.807, 2.05) is 24.3 Å². The molecule has 0 radical (unpaired) electrons. The average Bonchev–Trinajstić information content (AvgIpc) is 3.23. The van der Waals surface area contributed by atoms with Gasteiger partial charge in [-0.1, -0.05) is 35.9 Å². The number of aromatic nitrogens is 2. The maximum absolute atomic E-state index is 13.4. The average molecular weight is 510 g/mol. The predicted molar refractivity (Wildman–Crippen MR) is 137 cm³/mol. The zero-order chi connectivity index (χ0) is 24.4. The molecule has 0 spiro atoms. The number of aliphatic hydroxyl groups is 2. The van der Waals surface area contributed by atoms with Gasteiger partial charge in [0.25, 0.3) is 0 Å². The largest absolute Gasteiger partial charge is 0.487 e. The van der Waals surface area contributed by atoms with E-state index in [4.69, 9.17) is 16.3 Å². The molecule has 0 saturated carbocycles. The summed E-state index contributed by atoms with van der Waals surface area (Å²) >= 11 is 7.97. The number of hydrogen-bond donors (Lipinski definition) is 3. The Kier molecular flexibility index (Phi) is 6.79. The molecule has 0 atom stereocenters. The van der Waals surface area contributed by atoms with Crippen molar-refractivity contribution >= 4 is 54.7 Å². The molecule has 0 bridgehead atoms. The lowest BCUT2D eigenvalue weighted by Gasteiger charge is -2.12. The first-order chi connectivity index (χ1) is 17.1. The van der Waals surface area contributed by atoms with Crippen molar-refractivity contribution in [1.82, 2.24) is 9.97 Å². The first-order valence-corrected chi connectivity index (χ1v) is 12.1. The number of nitrogens with zero attached hydrogens (tertiary/aromatic N) is 2. The number of ether oxygens (including phenoxy) is 1. The minimum absolute atomic E-state index is 0.123. The molecule has 0 aliphatic carbocycles. The Labute approximate surface area is 209 Å². The van der Waals surface area contributed by atoms with Crippen LogP contribution in [0.25, 0.3) is 20.3 Å². The first kappa shape index (κ1) is 23.4. The lowest BCUT2D eigenvalue weighted by Crippen LogP contribution is -2.08. The highest BCUT2D eigenvalue weighted by molar-refractivity contribution is 7.25. The van der Waals surface area contributed by atoms with Crippen molar-refractivity contribution in [3.05, 3.63) is 89.0 Å². The Bertz CT molecular complexity index is 1510. The highest BCUT2D eigenvalue weighted by Crippen LogP contribution is 2.39. The molecule has 0 fully saturated rings. The molecule has 5 aromatic rings. The molecule has 178 valence electrons. The Balaban J connectivity index is 1.40. The number of aliphatic hydroxyl groups excluding tert-OH is 2. The monoisotopic (exact) mass is 509 g/mol. The van der Waals surface area contributed by atoms with Crippen LogP contribution in [0.2, 0.25) is 5.02 Å². The molecule has 3 N–H and O–H groups in total. The van der Waals surface area contributed by atoms with Crippen LogP contribution in [0.3, 0.4) is 0 Å². The molecular weight excluding hydrogens is 489 g/mol. The third-order valence-electron chi connectivity index (χ3n) is 5.68. The van der Waals surface area contributed by atoms with E-state index < -0.39 is 0 Å². The predicted octanol–water partition coefficient (Wildman–Crippen LogP) is 6.03. The van der Waals surface area contributed by atoms with Crippen LogP contribution in [0.15, 0.2) is 67.0 Å². The van der Waals surface area contributed by atoms with Gasteiger partial charge in [0, 0.05) is 21.7 Å². The molecular formula is C26H21ClFN3O3S. The van der Waals surface area contributed by atoms with Gasteiger partial charge >= 0.3 is 0 Å². The Morgan fingerprint density at radius 3 is 2.66 bits per heavy atom. The van der Waals surface area contributed by atoms with Gasteiger partial charge < -0.3 is 20.3 Å². The van der Waals surface area contributed by atoms with Gasteiger partial charge in [0.1, 0.15) is 35.1 Å². The summed E-state index contributed by atoms with van der Waals surface area (Å²) in [5.74, 6) is 0.494. The van der Waals surface area contributed by atoms with E-state index in [1.165, 1.54) is 29.8 Å². The second kappa shape index (κ2) is 10.1. The van der Waals surface area contributed by atoms with Gasteiger partial charge in [-0.05, 0) is 47.5 Å². The zero-order valence-electron chi connectivity index (χ0n) is 18.4. The van der Waals surface area contributed by atoms with Crippen LogP contribution in [0, 0.1) is 5.82 Å². The van der Waals surface area contributed by atoms with Crippen molar-refractivity contribution in [2.75, 3.05) is 18.5 Å². The maximum Gasteiger partial charge on any atom is 0.143 e. The van der Waals surface area contributed by atoms with Crippen LogP contribution in [-0.2, 0) is 6.61 Å². The number of rotatable bonds is 8. The van der Waals surface area contributed by atoms with Gasteiger partial charge in [0.2, 0.25) is 0 Å². The van der Waals surface area contributed by atoms with Crippen LogP contribution >= 0.6 is 22.9 Å². The highest BCUT2D eigenvalue weighted by atomic mass is 35.5. The van der Waals surface area contributed by atoms with Crippen molar-refractivity contribution in [2.24, 2.45) is 0 Å². The topological polar surface area (TPSA) is 87.5 Å². The molecule has 0 amide bonds. The molecule has 0 unspecified atom stereocenters. The van der Waals surface area contributed by atoms with Gasteiger partial charge in [-0.3, -0.25) is 0 Å². The molecule has 3 aromatic carbocycles.